The molecular weight excluding hydrogens is 304 g/mol. The van der Waals surface area contributed by atoms with E-state index in [1.54, 1.807) is 0 Å². The molecule has 5 nitrogen and oxygen atoms in total. The van der Waals surface area contributed by atoms with Crippen LogP contribution in [0.2, 0.25) is 0 Å². The summed E-state index contributed by atoms with van der Waals surface area (Å²) in [6.45, 7) is 10.9. The average molecular weight is 337 g/mol. The highest BCUT2D eigenvalue weighted by Crippen LogP contribution is 2.49. The predicted octanol–water partition coefficient (Wildman–Crippen LogP) is 2.26. The Morgan fingerprint density at radius 2 is 1.91 bits per heavy atom. The van der Waals surface area contributed by atoms with E-state index >= 15 is 0 Å². The summed E-state index contributed by atoms with van der Waals surface area (Å²) in [4.78, 5) is 12.3. The van der Waals surface area contributed by atoms with Gasteiger partial charge in [0.15, 0.2) is 0 Å². The molecule has 6 heteroatoms. The first-order chi connectivity index (χ1) is 9.90. The molecule has 1 aliphatic carbocycles. The molecule has 0 saturated heterocycles. The summed E-state index contributed by atoms with van der Waals surface area (Å²) < 4.78 is 11.1. The van der Waals surface area contributed by atoms with E-state index in [1.807, 2.05) is 20.8 Å². The average Bonchev–Trinajstić information content (AvgIpc) is 2.45. The zero-order valence-corrected chi connectivity index (χ0v) is 15.3. The van der Waals surface area contributed by atoms with Gasteiger partial charge in [0.05, 0.1) is 6.10 Å². The van der Waals surface area contributed by atoms with Crippen LogP contribution in [0.1, 0.15) is 53.4 Å². The third-order valence-corrected chi connectivity index (χ3v) is 4.63. The van der Waals surface area contributed by atoms with Crippen LogP contribution in [0, 0.1) is 5.41 Å². The molecule has 0 spiro atoms. The van der Waals surface area contributed by atoms with Gasteiger partial charge in [-0.2, -0.15) is 0 Å². The number of halogens is 1. The maximum atomic E-state index is 12.3. The highest BCUT2D eigenvalue weighted by Gasteiger charge is 2.62. The number of rotatable bonds is 10. The molecule has 0 bridgehead atoms. The van der Waals surface area contributed by atoms with Crippen molar-refractivity contribution in [1.29, 1.82) is 0 Å². The van der Waals surface area contributed by atoms with E-state index in [-0.39, 0.29) is 29.8 Å². The second kappa shape index (κ2) is 9.71. The molecule has 3 N–H and O–H groups in total. The van der Waals surface area contributed by atoms with Gasteiger partial charge in [0.25, 0.3) is 0 Å². The van der Waals surface area contributed by atoms with Crippen LogP contribution in [0.3, 0.4) is 0 Å². The Morgan fingerprint density at radius 3 is 2.45 bits per heavy atom. The van der Waals surface area contributed by atoms with E-state index in [4.69, 9.17) is 15.2 Å². The second-order valence-corrected chi connectivity index (χ2v) is 6.42. The van der Waals surface area contributed by atoms with Crippen molar-refractivity contribution < 1.29 is 14.3 Å². The monoisotopic (exact) mass is 336 g/mol. The maximum absolute atomic E-state index is 12.3. The third-order valence-electron chi connectivity index (χ3n) is 4.63. The minimum Gasteiger partial charge on any atom is -0.381 e. The van der Waals surface area contributed by atoms with E-state index in [9.17, 15) is 4.79 Å². The normalized spacial score (nSPS) is 26.0. The lowest BCUT2D eigenvalue weighted by Crippen LogP contribution is -2.75. The van der Waals surface area contributed by atoms with E-state index in [0.717, 1.165) is 25.9 Å². The Bertz CT molecular complexity index is 339. The Balaban J connectivity index is 0.00000441. The molecule has 0 aromatic carbocycles. The molecule has 1 fully saturated rings. The Morgan fingerprint density at radius 1 is 1.27 bits per heavy atom. The summed E-state index contributed by atoms with van der Waals surface area (Å²) in [7, 11) is 0. The van der Waals surface area contributed by atoms with E-state index in [1.165, 1.54) is 0 Å². The van der Waals surface area contributed by atoms with Gasteiger partial charge in [-0.25, -0.2) is 0 Å². The fourth-order valence-electron chi connectivity index (χ4n) is 2.70. The third kappa shape index (κ3) is 4.82. The van der Waals surface area contributed by atoms with Gasteiger partial charge in [-0.1, -0.05) is 27.2 Å². The minimum absolute atomic E-state index is 0. The lowest BCUT2D eigenvalue weighted by molar-refractivity contribution is -0.170. The van der Waals surface area contributed by atoms with Gasteiger partial charge in [-0.05, 0) is 19.8 Å². The van der Waals surface area contributed by atoms with Gasteiger partial charge in [-0.15, -0.1) is 12.4 Å². The van der Waals surface area contributed by atoms with Crippen LogP contribution in [-0.4, -0.2) is 43.9 Å². The number of nitrogens with one attached hydrogen (secondary N) is 1. The molecule has 0 aromatic rings. The predicted molar refractivity (Wildman–Crippen MR) is 91.3 cm³/mol. The SMILES string of the molecule is CCCCOCCCNC(=O)C1(N)CC(OCC)C1(C)C.Cl. The quantitative estimate of drug-likeness (QED) is 0.600. The first-order valence-electron chi connectivity index (χ1n) is 8.16. The number of hydrogen-bond acceptors (Lipinski definition) is 4. The van der Waals surface area contributed by atoms with Gasteiger partial charge in [0, 0.05) is 38.2 Å². The fourth-order valence-corrected chi connectivity index (χ4v) is 2.70. The van der Waals surface area contributed by atoms with Crippen LogP contribution in [0.4, 0.5) is 0 Å². The molecule has 1 rings (SSSR count). The number of carbonyl (C=O) groups excluding carboxylic acids is 1. The zero-order chi connectivity index (χ0) is 15.9. The number of hydrogen-bond donors (Lipinski definition) is 2. The lowest BCUT2D eigenvalue weighted by atomic mass is 9.54. The standard InChI is InChI=1S/C16H32N2O3.ClH/c1-5-7-10-20-11-8-9-18-14(19)16(17)12-13(21-6-2)15(16,3)4;/h13H,5-12,17H2,1-4H3,(H,18,19);1H. The molecule has 132 valence electrons. The summed E-state index contributed by atoms with van der Waals surface area (Å²) in [5.41, 5.74) is 5.15. The van der Waals surface area contributed by atoms with Crippen molar-refractivity contribution >= 4 is 18.3 Å². The zero-order valence-electron chi connectivity index (χ0n) is 14.4. The topological polar surface area (TPSA) is 73.6 Å². The number of nitrogens with two attached hydrogens (primary N) is 1. The molecule has 1 amide bonds. The van der Waals surface area contributed by atoms with Crippen molar-refractivity contribution in [1.82, 2.24) is 5.32 Å². The minimum atomic E-state index is -0.824. The lowest BCUT2D eigenvalue weighted by Gasteiger charge is -2.57. The maximum Gasteiger partial charge on any atom is 0.240 e. The van der Waals surface area contributed by atoms with Crippen LogP contribution in [0.5, 0.6) is 0 Å². The van der Waals surface area contributed by atoms with Crippen LogP contribution in [0.15, 0.2) is 0 Å². The van der Waals surface area contributed by atoms with Crippen LogP contribution >= 0.6 is 12.4 Å². The van der Waals surface area contributed by atoms with Crippen molar-refractivity contribution in [2.24, 2.45) is 11.1 Å². The van der Waals surface area contributed by atoms with Crippen LogP contribution < -0.4 is 11.1 Å². The van der Waals surface area contributed by atoms with Crippen molar-refractivity contribution in [2.75, 3.05) is 26.4 Å². The molecular formula is C16H33ClN2O3. The Kier molecular flexibility index (Phi) is 9.55. The molecule has 1 aliphatic rings. The fraction of sp³-hybridized carbons (Fsp3) is 0.938. The smallest absolute Gasteiger partial charge is 0.240 e. The van der Waals surface area contributed by atoms with Crippen LogP contribution in [0.25, 0.3) is 0 Å². The molecule has 1 saturated carbocycles. The van der Waals surface area contributed by atoms with Gasteiger partial charge in [-0.3, -0.25) is 4.79 Å². The van der Waals surface area contributed by atoms with Gasteiger partial charge in [0.2, 0.25) is 5.91 Å². The number of amides is 1. The molecule has 0 aliphatic heterocycles. The molecule has 0 aromatic heterocycles. The Labute approximate surface area is 141 Å². The first-order valence-corrected chi connectivity index (χ1v) is 8.16. The number of ether oxygens (including phenoxy) is 2. The van der Waals surface area contributed by atoms with E-state index in [2.05, 4.69) is 12.2 Å². The second-order valence-electron chi connectivity index (χ2n) is 6.42. The highest BCUT2D eigenvalue weighted by atomic mass is 35.5. The first kappa shape index (κ1) is 21.6. The van der Waals surface area contributed by atoms with Gasteiger partial charge < -0.3 is 20.5 Å². The van der Waals surface area contributed by atoms with Gasteiger partial charge in [0.1, 0.15) is 5.54 Å². The van der Waals surface area contributed by atoms with Crippen molar-refractivity contribution in [3.8, 4) is 0 Å². The number of carbonyl (C=O) groups is 1. The summed E-state index contributed by atoms with van der Waals surface area (Å²) in [5.74, 6) is -0.0722. The molecule has 22 heavy (non-hydrogen) atoms. The summed E-state index contributed by atoms with van der Waals surface area (Å²) in [5, 5.41) is 2.93. The van der Waals surface area contributed by atoms with Gasteiger partial charge >= 0.3 is 0 Å². The van der Waals surface area contributed by atoms with E-state index in [0.29, 0.717) is 26.2 Å². The summed E-state index contributed by atoms with van der Waals surface area (Å²) in [6, 6.07) is 0. The van der Waals surface area contributed by atoms with Crippen molar-refractivity contribution in [3.63, 3.8) is 0 Å². The van der Waals surface area contributed by atoms with Crippen LogP contribution in [-0.2, 0) is 14.3 Å². The molecule has 0 heterocycles. The molecule has 0 radical (unpaired) electrons. The number of unbranched alkanes of at least 4 members (excludes halogenated alkanes) is 1. The molecule has 2 atom stereocenters. The van der Waals surface area contributed by atoms with Crippen molar-refractivity contribution in [3.05, 3.63) is 0 Å². The summed E-state index contributed by atoms with van der Waals surface area (Å²) >= 11 is 0. The van der Waals surface area contributed by atoms with Crippen molar-refractivity contribution in [2.45, 2.75) is 65.0 Å². The van der Waals surface area contributed by atoms with E-state index < -0.39 is 5.54 Å². The Hall–Kier alpha value is -0.360. The summed E-state index contributed by atoms with van der Waals surface area (Å²) in [6.07, 6.45) is 3.71. The largest absolute Gasteiger partial charge is 0.381 e. The highest BCUT2D eigenvalue weighted by molar-refractivity contribution is 5.88. The molecule has 2 unspecified atom stereocenters.